The monoisotopic (exact) mass is 281 g/mol. The van der Waals surface area contributed by atoms with Gasteiger partial charge in [0.1, 0.15) is 5.75 Å². The number of para-hydroxylation sites is 1. The molecule has 1 aromatic rings. The van der Waals surface area contributed by atoms with Crippen molar-refractivity contribution in [3.8, 4) is 5.75 Å². The molecule has 1 heterocycles. The summed E-state index contributed by atoms with van der Waals surface area (Å²) < 4.78 is 5.29. The number of ether oxygens (including phenoxy) is 1. The first kappa shape index (κ1) is 14.2. The summed E-state index contributed by atoms with van der Waals surface area (Å²) in [5.41, 5.74) is 0.939. The van der Waals surface area contributed by atoms with Gasteiger partial charge in [0.15, 0.2) is 0 Å². The zero-order valence-corrected chi connectivity index (χ0v) is 12.0. The maximum Gasteiger partial charge on any atom is 0.227 e. The molecule has 0 spiro atoms. The Kier molecular flexibility index (Phi) is 5.08. The van der Waals surface area contributed by atoms with Crippen LogP contribution in [0, 0.1) is 0 Å². The Morgan fingerprint density at radius 1 is 1.42 bits per heavy atom. The molecule has 19 heavy (non-hydrogen) atoms. The summed E-state index contributed by atoms with van der Waals surface area (Å²) in [5.74, 6) is 1.45. The summed E-state index contributed by atoms with van der Waals surface area (Å²) in [6.07, 6.45) is 3.64. The lowest BCUT2D eigenvalue weighted by atomic mass is 10.0. The zero-order chi connectivity index (χ0) is 13.7. The van der Waals surface area contributed by atoms with Gasteiger partial charge in [-0.1, -0.05) is 18.2 Å². The lowest BCUT2D eigenvalue weighted by Crippen LogP contribution is -2.45. The average Bonchev–Trinajstić information content (AvgIpc) is 2.47. The molecule has 1 fully saturated rings. The summed E-state index contributed by atoms with van der Waals surface area (Å²) in [6, 6.07) is 7.86. The largest absolute Gasteiger partial charge is 0.496 e. The minimum absolute atomic E-state index is 0.148. The minimum atomic E-state index is 0.148. The summed E-state index contributed by atoms with van der Waals surface area (Å²) in [5, 5.41) is 0. The van der Waals surface area contributed by atoms with E-state index in [2.05, 4.69) is 0 Å². The molecule has 0 radical (unpaired) electrons. The lowest BCUT2D eigenvalue weighted by Gasteiger charge is -2.34. The molecule has 3 nitrogen and oxygen atoms in total. The number of carbonyl (C=O) groups is 1. The molecular formula is C15H20ClNO2. The molecule has 1 aliphatic heterocycles. The van der Waals surface area contributed by atoms with Gasteiger partial charge in [0.2, 0.25) is 5.91 Å². The van der Waals surface area contributed by atoms with E-state index in [-0.39, 0.29) is 11.9 Å². The number of alkyl halides is 1. The highest BCUT2D eigenvalue weighted by Gasteiger charge is 2.26. The molecule has 1 saturated heterocycles. The normalized spacial score (nSPS) is 19.3. The highest BCUT2D eigenvalue weighted by molar-refractivity contribution is 6.18. The summed E-state index contributed by atoms with van der Waals surface area (Å²) in [6.45, 7) is 0.825. The molecule has 2 rings (SSSR count). The standard InChI is InChI=1S/C15H20ClNO2/c1-19-14-8-3-2-6-12(14)10-15(18)17-9-5-4-7-13(17)11-16/h2-3,6,8,13H,4-5,7,9-11H2,1H3. The van der Waals surface area contributed by atoms with Crippen molar-refractivity contribution in [1.82, 2.24) is 4.90 Å². The van der Waals surface area contributed by atoms with Crippen molar-refractivity contribution in [2.24, 2.45) is 0 Å². The van der Waals surface area contributed by atoms with Gasteiger partial charge in [0.05, 0.1) is 13.5 Å². The number of methoxy groups -OCH3 is 1. The molecule has 0 aliphatic carbocycles. The molecule has 0 aromatic heterocycles. The van der Waals surface area contributed by atoms with Crippen LogP contribution in [-0.2, 0) is 11.2 Å². The van der Waals surface area contributed by atoms with Crippen LogP contribution < -0.4 is 4.74 Å². The van der Waals surface area contributed by atoms with E-state index in [0.717, 1.165) is 37.1 Å². The van der Waals surface area contributed by atoms with E-state index in [0.29, 0.717) is 12.3 Å². The summed E-state index contributed by atoms with van der Waals surface area (Å²) >= 11 is 5.96. The van der Waals surface area contributed by atoms with Gasteiger partial charge in [-0.2, -0.15) is 0 Å². The van der Waals surface area contributed by atoms with Crippen molar-refractivity contribution in [2.75, 3.05) is 19.5 Å². The van der Waals surface area contributed by atoms with Gasteiger partial charge in [0.25, 0.3) is 0 Å². The van der Waals surface area contributed by atoms with Crippen molar-refractivity contribution in [1.29, 1.82) is 0 Å². The number of halogens is 1. The predicted octanol–water partition coefficient (Wildman–Crippen LogP) is 2.86. The zero-order valence-electron chi connectivity index (χ0n) is 11.3. The molecule has 104 valence electrons. The van der Waals surface area contributed by atoms with Crippen molar-refractivity contribution < 1.29 is 9.53 Å². The van der Waals surface area contributed by atoms with Crippen LogP contribution >= 0.6 is 11.6 Å². The van der Waals surface area contributed by atoms with Crippen LogP contribution in [0.25, 0.3) is 0 Å². The second-order valence-electron chi connectivity index (χ2n) is 4.88. The predicted molar refractivity (Wildman–Crippen MR) is 76.8 cm³/mol. The van der Waals surface area contributed by atoms with Crippen molar-refractivity contribution in [2.45, 2.75) is 31.7 Å². The molecule has 0 N–H and O–H groups in total. The van der Waals surface area contributed by atoms with Crippen LogP contribution in [0.4, 0.5) is 0 Å². The maximum absolute atomic E-state index is 12.4. The number of benzene rings is 1. The number of nitrogens with zero attached hydrogens (tertiary/aromatic N) is 1. The number of amides is 1. The molecule has 1 aromatic carbocycles. The molecule has 1 aliphatic rings. The van der Waals surface area contributed by atoms with Gasteiger partial charge in [-0.3, -0.25) is 4.79 Å². The molecule has 1 unspecified atom stereocenters. The first-order chi connectivity index (χ1) is 9.26. The SMILES string of the molecule is COc1ccccc1CC(=O)N1CCCCC1CCl. The van der Waals surface area contributed by atoms with Gasteiger partial charge < -0.3 is 9.64 Å². The Hall–Kier alpha value is -1.22. The van der Waals surface area contributed by atoms with E-state index in [9.17, 15) is 4.79 Å². The fourth-order valence-electron chi connectivity index (χ4n) is 2.60. The number of hydrogen-bond donors (Lipinski definition) is 0. The number of carbonyl (C=O) groups excluding carboxylic acids is 1. The summed E-state index contributed by atoms with van der Waals surface area (Å²) in [7, 11) is 1.63. The topological polar surface area (TPSA) is 29.5 Å². The van der Waals surface area contributed by atoms with Crippen LogP contribution in [0.2, 0.25) is 0 Å². The van der Waals surface area contributed by atoms with E-state index in [1.807, 2.05) is 29.2 Å². The van der Waals surface area contributed by atoms with Gasteiger partial charge in [-0.05, 0) is 25.3 Å². The van der Waals surface area contributed by atoms with Crippen molar-refractivity contribution in [3.05, 3.63) is 29.8 Å². The fraction of sp³-hybridized carbons (Fsp3) is 0.533. The van der Waals surface area contributed by atoms with Crippen molar-refractivity contribution in [3.63, 3.8) is 0 Å². The van der Waals surface area contributed by atoms with E-state index >= 15 is 0 Å². The van der Waals surface area contributed by atoms with Crippen molar-refractivity contribution >= 4 is 17.5 Å². The Balaban J connectivity index is 2.07. The number of hydrogen-bond acceptors (Lipinski definition) is 2. The first-order valence-corrected chi connectivity index (χ1v) is 7.27. The third kappa shape index (κ3) is 3.41. The van der Waals surface area contributed by atoms with Gasteiger partial charge in [0, 0.05) is 24.0 Å². The van der Waals surface area contributed by atoms with E-state index in [1.54, 1.807) is 7.11 Å². The number of likely N-dealkylation sites (tertiary alicyclic amines) is 1. The maximum atomic E-state index is 12.4. The van der Waals surface area contributed by atoms with Crippen LogP contribution in [0.1, 0.15) is 24.8 Å². The molecular weight excluding hydrogens is 262 g/mol. The highest BCUT2D eigenvalue weighted by Crippen LogP contribution is 2.22. The van der Waals surface area contributed by atoms with Crippen LogP contribution in [0.3, 0.4) is 0 Å². The third-order valence-electron chi connectivity index (χ3n) is 3.66. The minimum Gasteiger partial charge on any atom is -0.496 e. The van der Waals surface area contributed by atoms with E-state index in [4.69, 9.17) is 16.3 Å². The highest BCUT2D eigenvalue weighted by atomic mass is 35.5. The second kappa shape index (κ2) is 6.80. The Bertz CT molecular complexity index is 436. The van der Waals surface area contributed by atoms with E-state index < -0.39 is 0 Å². The van der Waals surface area contributed by atoms with Crippen LogP contribution in [0.15, 0.2) is 24.3 Å². The second-order valence-corrected chi connectivity index (χ2v) is 5.19. The smallest absolute Gasteiger partial charge is 0.227 e. The van der Waals surface area contributed by atoms with Gasteiger partial charge in [-0.15, -0.1) is 11.6 Å². The molecule has 4 heteroatoms. The Morgan fingerprint density at radius 3 is 2.95 bits per heavy atom. The van der Waals surface area contributed by atoms with Crippen LogP contribution in [0.5, 0.6) is 5.75 Å². The molecule has 1 amide bonds. The average molecular weight is 282 g/mol. The lowest BCUT2D eigenvalue weighted by molar-refractivity contribution is -0.133. The van der Waals surface area contributed by atoms with Gasteiger partial charge >= 0.3 is 0 Å². The number of rotatable bonds is 4. The molecule has 0 bridgehead atoms. The quantitative estimate of drug-likeness (QED) is 0.794. The van der Waals surface area contributed by atoms with E-state index in [1.165, 1.54) is 0 Å². The Morgan fingerprint density at radius 2 is 2.21 bits per heavy atom. The molecule has 0 saturated carbocycles. The fourth-order valence-corrected chi connectivity index (χ4v) is 2.92. The van der Waals surface area contributed by atoms with Gasteiger partial charge in [-0.25, -0.2) is 0 Å². The van der Waals surface area contributed by atoms with Crippen LogP contribution in [-0.4, -0.2) is 36.4 Å². The summed E-state index contributed by atoms with van der Waals surface area (Å²) in [4.78, 5) is 14.4. The molecule has 1 atom stereocenters. The Labute approximate surface area is 119 Å². The number of piperidine rings is 1. The third-order valence-corrected chi connectivity index (χ3v) is 4.02. The first-order valence-electron chi connectivity index (χ1n) is 6.73.